The lowest BCUT2D eigenvalue weighted by molar-refractivity contribution is -0.128. The van der Waals surface area contributed by atoms with Crippen LogP contribution in [0.3, 0.4) is 0 Å². The number of amides is 3. The second-order valence-electron chi connectivity index (χ2n) is 8.36. The molecular weight excluding hydrogens is 493 g/mol. The van der Waals surface area contributed by atoms with Crippen molar-refractivity contribution in [1.29, 1.82) is 0 Å². The van der Waals surface area contributed by atoms with E-state index < -0.39 is 11.9 Å². The number of rotatable bonds is 7. The lowest BCUT2D eigenvalue weighted by atomic mass is 10.1. The van der Waals surface area contributed by atoms with Crippen LogP contribution < -0.4 is 10.6 Å². The summed E-state index contributed by atoms with van der Waals surface area (Å²) in [5.74, 6) is -1.00. The van der Waals surface area contributed by atoms with E-state index >= 15 is 0 Å². The maximum Gasteiger partial charge on any atom is 0.259 e. The zero-order valence-corrected chi connectivity index (χ0v) is 20.4. The van der Waals surface area contributed by atoms with Crippen LogP contribution >= 0.6 is 11.8 Å². The molecule has 0 unspecified atom stereocenters. The maximum atomic E-state index is 13.3. The van der Waals surface area contributed by atoms with Gasteiger partial charge in [0.2, 0.25) is 11.8 Å². The van der Waals surface area contributed by atoms with Gasteiger partial charge in [-0.1, -0.05) is 54.2 Å². The van der Waals surface area contributed by atoms with Crippen LogP contribution in [-0.4, -0.2) is 45.4 Å². The molecule has 5 rings (SSSR count). The quantitative estimate of drug-likeness (QED) is 0.499. The Morgan fingerprint density at radius 1 is 0.946 bits per heavy atom. The van der Waals surface area contributed by atoms with Gasteiger partial charge in [0.1, 0.15) is 17.7 Å². The predicted octanol–water partition coefficient (Wildman–Crippen LogP) is 3.86. The van der Waals surface area contributed by atoms with Gasteiger partial charge in [-0.3, -0.25) is 19.4 Å². The Morgan fingerprint density at radius 2 is 1.68 bits per heavy atom. The average Bonchev–Trinajstić information content (AvgIpc) is 3.24. The third-order valence-corrected chi connectivity index (χ3v) is 6.66. The average molecular weight is 516 g/mol. The van der Waals surface area contributed by atoms with E-state index in [4.69, 9.17) is 0 Å². The van der Waals surface area contributed by atoms with E-state index in [9.17, 15) is 18.8 Å². The fourth-order valence-electron chi connectivity index (χ4n) is 3.94. The second kappa shape index (κ2) is 10.8. The molecule has 0 aliphatic carbocycles. The largest absolute Gasteiger partial charge is 0.352 e. The van der Waals surface area contributed by atoms with Crippen molar-refractivity contribution in [3.8, 4) is 0 Å². The van der Waals surface area contributed by atoms with Crippen LogP contribution in [-0.2, 0) is 20.9 Å². The van der Waals surface area contributed by atoms with E-state index in [-0.39, 0.29) is 29.9 Å². The molecule has 0 radical (unpaired) electrons. The highest BCUT2D eigenvalue weighted by atomic mass is 32.2. The van der Waals surface area contributed by atoms with Crippen LogP contribution in [0.5, 0.6) is 0 Å². The Balaban J connectivity index is 1.28. The van der Waals surface area contributed by atoms with Crippen molar-refractivity contribution in [2.24, 2.45) is 9.98 Å². The van der Waals surface area contributed by atoms with Crippen LogP contribution in [0.1, 0.15) is 17.5 Å². The normalized spacial score (nSPS) is 15.9. The van der Waals surface area contributed by atoms with Gasteiger partial charge < -0.3 is 10.6 Å². The number of thioether (sulfide) groups is 1. The summed E-state index contributed by atoms with van der Waals surface area (Å²) in [7, 11) is 0. The molecule has 3 amide bonds. The number of anilines is 1. The van der Waals surface area contributed by atoms with Crippen LogP contribution in [0.2, 0.25) is 0 Å². The SMILES string of the molecule is O=C(C[C@@H]1N=C2c3ccccc3N=C(SCC(=O)Nc3ccc(F)cc3)N2C1=O)NCc1ccccc1. The molecule has 2 aliphatic rings. The highest BCUT2D eigenvalue weighted by molar-refractivity contribution is 8.14. The van der Waals surface area contributed by atoms with Crippen molar-refractivity contribution in [1.82, 2.24) is 10.2 Å². The minimum atomic E-state index is -0.893. The molecule has 2 N–H and O–H groups in total. The van der Waals surface area contributed by atoms with E-state index in [0.29, 0.717) is 34.5 Å². The number of hydrogen-bond acceptors (Lipinski definition) is 6. The van der Waals surface area contributed by atoms with E-state index in [2.05, 4.69) is 20.6 Å². The molecular formula is C27H22FN5O3S. The van der Waals surface area contributed by atoms with Crippen molar-refractivity contribution < 1.29 is 18.8 Å². The Hall–Kier alpha value is -4.31. The minimum absolute atomic E-state index is 0.0301. The zero-order chi connectivity index (χ0) is 25.8. The lowest BCUT2D eigenvalue weighted by Gasteiger charge is -2.25. The number of hydrogen-bond donors (Lipinski definition) is 2. The number of para-hydroxylation sites is 1. The number of carbonyl (C=O) groups is 3. The Kier molecular flexibility index (Phi) is 7.09. The summed E-state index contributed by atoms with van der Waals surface area (Å²) in [5.41, 5.74) is 2.73. The molecule has 2 heterocycles. The number of carbonyl (C=O) groups excluding carboxylic acids is 3. The minimum Gasteiger partial charge on any atom is -0.352 e. The van der Waals surface area contributed by atoms with E-state index in [1.54, 1.807) is 6.07 Å². The predicted molar refractivity (Wildman–Crippen MR) is 141 cm³/mol. The molecule has 0 saturated heterocycles. The first-order valence-electron chi connectivity index (χ1n) is 11.6. The third-order valence-electron chi connectivity index (χ3n) is 5.72. The first-order valence-corrected chi connectivity index (χ1v) is 12.6. The Labute approximate surface area is 216 Å². The van der Waals surface area contributed by atoms with Gasteiger partial charge in [0.15, 0.2) is 5.17 Å². The summed E-state index contributed by atoms with van der Waals surface area (Å²) in [4.78, 5) is 49.0. The zero-order valence-electron chi connectivity index (χ0n) is 19.6. The second-order valence-corrected chi connectivity index (χ2v) is 9.31. The summed E-state index contributed by atoms with van der Waals surface area (Å²) in [6, 6.07) is 21.3. The smallest absolute Gasteiger partial charge is 0.259 e. The lowest BCUT2D eigenvalue weighted by Crippen LogP contribution is -2.42. The summed E-state index contributed by atoms with van der Waals surface area (Å²) in [6.45, 7) is 0.357. The number of benzene rings is 3. The Bertz CT molecular complexity index is 1410. The fourth-order valence-corrected chi connectivity index (χ4v) is 4.74. The van der Waals surface area contributed by atoms with Gasteiger partial charge >= 0.3 is 0 Å². The van der Waals surface area contributed by atoms with Crippen LogP contribution in [0, 0.1) is 5.82 Å². The third kappa shape index (κ3) is 5.59. The molecule has 8 nitrogen and oxygen atoms in total. The van der Waals surface area contributed by atoms with Gasteiger partial charge in [-0.25, -0.2) is 14.3 Å². The molecule has 10 heteroatoms. The standard InChI is InChI=1S/C27H22FN5O3S/c28-18-10-12-19(13-11-18)30-24(35)16-37-27-32-21-9-5-4-8-20(21)25-31-22(26(36)33(25)27)14-23(34)29-15-17-6-2-1-3-7-17/h1-13,22H,14-16H2,(H,29,34)(H,30,35)/t22-/m0/s1. The maximum absolute atomic E-state index is 13.3. The topological polar surface area (TPSA) is 103 Å². The van der Waals surface area contributed by atoms with Crippen LogP contribution in [0.4, 0.5) is 15.8 Å². The highest BCUT2D eigenvalue weighted by Gasteiger charge is 2.42. The molecule has 0 aromatic heterocycles. The van der Waals surface area contributed by atoms with E-state index in [1.807, 2.05) is 48.5 Å². The fraction of sp³-hybridized carbons (Fsp3) is 0.148. The number of halogens is 1. The molecule has 1 atom stereocenters. The first kappa shape index (κ1) is 24.4. The van der Waals surface area contributed by atoms with Crippen molar-refractivity contribution in [3.63, 3.8) is 0 Å². The van der Waals surface area contributed by atoms with E-state index in [0.717, 1.165) is 17.3 Å². The number of aliphatic imine (C=N–C) groups is 2. The summed E-state index contributed by atoms with van der Waals surface area (Å²) in [6.07, 6.45) is -0.100. The van der Waals surface area contributed by atoms with Crippen LogP contribution in [0.15, 0.2) is 88.8 Å². The molecule has 0 fully saturated rings. The monoisotopic (exact) mass is 515 g/mol. The highest BCUT2D eigenvalue weighted by Crippen LogP contribution is 2.34. The summed E-state index contributed by atoms with van der Waals surface area (Å²) in [5, 5.41) is 5.84. The summed E-state index contributed by atoms with van der Waals surface area (Å²) >= 11 is 1.09. The summed E-state index contributed by atoms with van der Waals surface area (Å²) < 4.78 is 13.1. The van der Waals surface area contributed by atoms with Gasteiger partial charge in [0.25, 0.3) is 5.91 Å². The van der Waals surface area contributed by atoms with Crippen LogP contribution in [0.25, 0.3) is 0 Å². The van der Waals surface area contributed by atoms with Crippen molar-refractivity contribution >= 4 is 51.9 Å². The Morgan fingerprint density at radius 3 is 2.46 bits per heavy atom. The van der Waals surface area contributed by atoms with Gasteiger partial charge in [0.05, 0.1) is 17.9 Å². The van der Waals surface area contributed by atoms with Gasteiger partial charge in [-0.05, 0) is 42.0 Å². The number of fused-ring (bicyclic) bond motifs is 3. The van der Waals surface area contributed by atoms with E-state index in [1.165, 1.54) is 29.2 Å². The van der Waals surface area contributed by atoms with Gasteiger partial charge in [0, 0.05) is 17.8 Å². The van der Waals surface area contributed by atoms with Crippen molar-refractivity contribution in [3.05, 3.63) is 95.8 Å². The molecule has 0 saturated carbocycles. The molecule has 2 aliphatic heterocycles. The van der Waals surface area contributed by atoms with Crippen molar-refractivity contribution in [2.45, 2.75) is 19.0 Å². The first-order chi connectivity index (χ1) is 18.0. The van der Waals surface area contributed by atoms with Crippen molar-refractivity contribution in [2.75, 3.05) is 11.1 Å². The number of amidine groups is 2. The molecule has 37 heavy (non-hydrogen) atoms. The molecule has 0 spiro atoms. The molecule has 0 bridgehead atoms. The number of nitrogens with zero attached hydrogens (tertiary/aromatic N) is 3. The molecule has 3 aromatic rings. The molecule has 186 valence electrons. The van der Waals surface area contributed by atoms with Gasteiger partial charge in [-0.2, -0.15) is 0 Å². The van der Waals surface area contributed by atoms with Gasteiger partial charge in [-0.15, -0.1) is 0 Å². The molecule has 3 aromatic carbocycles. The number of nitrogens with one attached hydrogen (secondary N) is 2.